The molecule has 0 aliphatic heterocycles. The van der Waals surface area contributed by atoms with Gasteiger partial charge >= 0.3 is 0 Å². The third kappa shape index (κ3) is 3.65. The molecule has 0 aromatic heterocycles. The van der Waals surface area contributed by atoms with Gasteiger partial charge in [-0.1, -0.05) is 42.8 Å². The molecule has 0 spiro atoms. The van der Waals surface area contributed by atoms with E-state index in [1.807, 2.05) is 18.2 Å². The molecule has 0 saturated heterocycles. The predicted octanol–water partition coefficient (Wildman–Crippen LogP) is 4.09. The van der Waals surface area contributed by atoms with Crippen molar-refractivity contribution < 1.29 is 0 Å². The van der Waals surface area contributed by atoms with Crippen LogP contribution in [0, 0.1) is 5.92 Å². The van der Waals surface area contributed by atoms with Gasteiger partial charge in [0, 0.05) is 5.02 Å². The fourth-order valence-corrected chi connectivity index (χ4v) is 1.65. The molecule has 1 rings (SSSR count). The molecule has 0 bridgehead atoms. The number of hydrogen-bond acceptors (Lipinski definition) is 0. The number of allylic oxidation sites excluding steroid dienone is 2. The van der Waals surface area contributed by atoms with E-state index in [9.17, 15) is 0 Å². The molecule has 0 aliphatic carbocycles. The van der Waals surface area contributed by atoms with Gasteiger partial charge in [-0.15, -0.1) is 0 Å². The first-order valence-electron chi connectivity index (χ1n) is 4.59. The average Bonchev–Trinajstić information content (AvgIpc) is 2.04. The maximum absolute atomic E-state index is 5.89. The van der Waals surface area contributed by atoms with Gasteiger partial charge in [-0.3, -0.25) is 0 Å². The van der Waals surface area contributed by atoms with Crippen LogP contribution in [0.5, 0.6) is 0 Å². The molecule has 0 aliphatic rings. The number of benzene rings is 1. The highest BCUT2D eigenvalue weighted by Crippen LogP contribution is 2.14. The maximum atomic E-state index is 5.89. The van der Waals surface area contributed by atoms with Crippen molar-refractivity contribution in [3.63, 3.8) is 0 Å². The van der Waals surface area contributed by atoms with Gasteiger partial charge in [-0.05, 0) is 37.0 Å². The molecule has 1 heteroatoms. The molecule has 1 atom stereocenters. The second-order valence-corrected chi connectivity index (χ2v) is 3.77. The van der Waals surface area contributed by atoms with E-state index in [1.54, 1.807) is 0 Å². The molecule has 70 valence electrons. The Morgan fingerprint density at radius 1 is 1.46 bits per heavy atom. The van der Waals surface area contributed by atoms with Crippen molar-refractivity contribution in [1.29, 1.82) is 0 Å². The maximum Gasteiger partial charge on any atom is 0.0408 e. The summed E-state index contributed by atoms with van der Waals surface area (Å²) >= 11 is 5.89. The zero-order valence-electron chi connectivity index (χ0n) is 8.13. The quantitative estimate of drug-likeness (QED) is 0.636. The number of rotatable bonds is 3. The van der Waals surface area contributed by atoms with Crippen molar-refractivity contribution in [3.05, 3.63) is 47.0 Å². The van der Waals surface area contributed by atoms with E-state index >= 15 is 0 Å². The molecular formula is C12H15Cl. The van der Waals surface area contributed by atoms with Crippen LogP contribution in [0.15, 0.2) is 36.4 Å². The summed E-state index contributed by atoms with van der Waals surface area (Å²) in [4.78, 5) is 0. The Bertz CT molecular complexity index is 289. The van der Waals surface area contributed by atoms with Gasteiger partial charge < -0.3 is 0 Å². The summed E-state index contributed by atoms with van der Waals surface area (Å²) in [6.45, 7) is 4.26. The van der Waals surface area contributed by atoms with Gasteiger partial charge in [0.05, 0.1) is 0 Å². The molecule has 0 nitrogen and oxygen atoms in total. The van der Waals surface area contributed by atoms with Crippen molar-refractivity contribution in [2.45, 2.75) is 20.3 Å². The predicted molar refractivity (Wildman–Crippen MR) is 59.1 cm³/mol. The first-order chi connectivity index (χ1) is 6.22. The van der Waals surface area contributed by atoms with Crippen LogP contribution in [0.2, 0.25) is 5.02 Å². The summed E-state index contributed by atoms with van der Waals surface area (Å²) in [5, 5.41) is 0.824. The summed E-state index contributed by atoms with van der Waals surface area (Å²) in [5.41, 5.74) is 1.30. The molecule has 0 amide bonds. The summed E-state index contributed by atoms with van der Waals surface area (Å²) < 4.78 is 0. The van der Waals surface area contributed by atoms with Crippen LogP contribution in [-0.2, 0) is 6.42 Å². The summed E-state index contributed by atoms with van der Waals surface area (Å²) in [7, 11) is 0. The van der Waals surface area contributed by atoms with Crippen molar-refractivity contribution in [3.8, 4) is 0 Å². The van der Waals surface area contributed by atoms with Crippen LogP contribution >= 0.6 is 11.6 Å². The highest BCUT2D eigenvalue weighted by molar-refractivity contribution is 6.30. The van der Waals surface area contributed by atoms with Crippen LogP contribution < -0.4 is 0 Å². The monoisotopic (exact) mass is 194 g/mol. The lowest BCUT2D eigenvalue weighted by Crippen LogP contribution is -1.95. The molecule has 1 aromatic rings. The van der Waals surface area contributed by atoms with E-state index in [0.29, 0.717) is 5.92 Å². The average molecular weight is 195 g/mol. The molecule has 0 radical (unpaired) electrons. The zero-order valence-corrected chi connectivity index (χ0v) is 8.88. The van der Waals surface area contributed by atoms with Crippen LogP contribution in [0.25, 0.3) is 0 Å². The van der Waals surface area contributed by atoms with Crippen LogP contribution in [-0.4, -0.2) is 0 Å². The Hall–Kier alpha value is -0.750. The fourth-order valence-electron chi connectivity index (χ4n) is 1.43. The van der Waals surface area contributed by atoms with Gasteiger partial charge in [-0.2, -0.15) is 0 Å². The standard InChI is InChI=1S/C12H15Cl/c1-3-5-10(2)8-11-6-4-7-12(13)9-11/h3-7,9-10H,8H2,1-2H3/b5-3+/t10-/m0/s1. The van der Waals surface area contributed by atoms with Crippen LogP contribution in [0.1, 0.15) is 19.4 Å². The molecule has 0 unspecified atom stereocenters. The van der Waals surface area contributed by atoms with Gasteiger partial charge in [0.1, 0.15) is 0 Å². The topological polar surface area (TPSA) is 0 Å². The third-order valence-electron chi connectivity index (χ3n) is 1.97. The van der Waals surface area contributed by atoms with Gasteiger partial charge in [-0.25, -0.2) is 0 Å². The lowest BCUT2D eigenvalue weighted by Gasteiger charge is -2.05. The van der Waals surface area contributed by atoms with Crippen molar-refractivity contribution in [1.82, 2.24) is 0 Å². The smallest absolute Gasteiger partial charge is 0.0408 e. The molecule has 0 fully saturated rings. The lowest BCUT2D eigenvalue weighted by molar-refractivity contribution is 0.722. The summed E-state index contributed by atoms with van der Waals surface area (Å²) in [6.07, 6.45) is 5.36. The number of halogens is 1. The van der Waals surface area contributed by atoms with Gasteiger partial charge in [0.15, 0.2) is 0 Å². The second-order valence-electron chi connectivity index (χ2n) is 3.34. The zero-order chi connectivity index (χ0) is 9.68. The van der Waals surface area contributed by atoms with E-state index in [0.717, 1.165) is 11.4 Å². The van der Waals surface area contributed by atoms with Crippen molar-refractivity contribution >= 4 is 11.6 Å². The summed E-state index contributed by atoms with van der Waals surface area (Å²) in [6, 6.07) is 8.05. The minimum Gasteiger partial charge on any atom is -0.0914 e. The minimum absolute atomic E-state index is 0.587. The molecular weight excluding hydrogens is 180 g/mol. The first-order valence-corrected chi connectivity index (χ1v) is 4.97. The Morgan fingerprint density at radius 3 is 2.85 bits per heavy atom. The van der Waals surface area contributed by atoms with Gasteiger partial charge in [0.25, 0.3) is 0 Å². The molecule has 13 heavy (non-hydrogen) atoms. The largest absolute Gasteiger partial charge is 0.0914 e. The van der Waals surface area contributed by atoms with Crippen LogP contribution in [0.4, 0.5) is 0 Å². The fraction of sp³-hybridized carbons (Fsp3) is 0.333. The second kappa shape index (κ2) is 5.08. The SMILES string of the molecule is C/C=C/[C@H](C)Cc1cccc(Cl)c1. The molecule has 1 aromatic carbocycles. The van der Waals surface area contributed by atoms with E-state index in [1.165, 1.54) is 5.56 Å². The van der Waals surface area contributed by atoms with Crippen molar-refractivity contribution in [2.24, 2.45) is 5.92 Å². The molecule has 0 N–H and O–H groups in total. The van der Waals surface area contributed by atoms with E-state index < -0.39 is 0 Å². The lowest BCUT2D eigenvalue weighted by atomic mass is 10.0. The van der Waals surface area contributed by atoms with Crippen molar-refractivity contribution in [2.75, 3.05) is 0 Å². The molecule has 0 saturated carbocycles. The molecule has 0 heterocycles. The van der Waals surface area contributed by atoms with E-state index in [4.69, 9.17) is 11.6 Å². The Balaban J connectivity index is 2.63. The number of hydrogen-bond donors (Lipinski definition) is 0. The first kappa shape index (κ1) is 10.3. The minimum atomic E-state index is 0.587. The highest BCUT2D eigenvalue weighted by Gasteiger charge is 1.99. The van der Waals surface area contributed by atoms with E-state index in [-0.39, 0.29) is 0 Å². The van der Waals surface area contributed by atoms with Gasteiger partial charge in [0.2, 0.25) is 0 Å². The Kier molecular flexibility index (Phi) is 4.04. The summed E-state index contributed by atoms with van der Waals surface area (Å²) in [5.74, 6) is 0.587. The van der Waals surface area contributed by atoms with E-state index in [2.05, 4.69) is 32.1 Å². The highest BCUT2D eigenvalue weighted by atomic mass is 35.5. The Morgan fingerprint density at radius 2 is 2.23 bits per heavy atom. The van der Waals surface area contributed by atoms with Crippen LogP contribution in [0.3, 0.4) is 0 Å². The Labute approximate surface area is 85.2 Å². The normalized spacial score (nSPS) is 13.5. The third-order valence-corrected chi connectivity index (χ3v) is 2.20.